The van der Waals surface area contributed by atoms with Gasteiger partial charge in [-0.1, -0.05) is 13.0 Å². The largest absolute Gasteiger partial charge is 0.453 e. The van der Waals surface area contributed by atoms with Crippen molar-refractivity contribution in [1.29, 1.82) is 0 Å². The quantitative estimate of drug-likeness (QED) is 0.628. The lowest BCUT2D eigenvalue weighted by Gasteiger charge is -2.37. The van der Waals surface area contributed by atoms with E-state index in [0.717, 1.165) is 44.0 Å². The van der Waals surface area contributed by atoms with Crippen LogP contribution in [-0.2, 0) is 4.74 Å². The van der Waals surface area contributed by atoms with Crippen molar-refractivity contribution in [2.75, 3.05) is 55.4 Å². The summed E-state index contributed by atoms with van der Waals surface area (Å²) in [4.78, 5) is 28.6. The molecule has 3 rings (SSSR count). The normalized spacial score (nSPS) is 15.1. The average molecular weight is 444 g/mol. The minimum atomic E-state index is -0.598. The van der Waals surface area contributed by atoms with Crippen LogP contribution in [0.1, 0.15) is 25.5 Å². The van der Waals surface area contributed by atoms with Gasteiger partial charge < -0.3 is 25.2 Å². The molecule has 32 heavy (non-hydrogen) atoms. The highest BCUT2D eigenvalue weighted by Crippen LogP contribution is 2.28. The van der Waals surface area contributed by atoms with Gasteiger partial charge in [-0.2, -0.15) is 0 Å². The van der Waals surface area contributed by atoms with Crippen LogP contribution >= 0.6 is 0 Å². The van der Waals surface area contributed by atoms with E-state index in [1.807, 2.05) is 6.92 Å². The van der Waals surface area contributed by atoms with E-state index in [-0.39, 0.29) is 5.82 Å². The number of nitrogens with one attached hydrogen (secondary N) is 3. The summed E-state index contributed by atoms with van der Waals surface area (Å²) >= 11 is 0. The molecule has 0 saturated carbocycles. The number of urea groups is 1. The lowest BCUT2D eigenvalue weighted by atomic mass is 10.0. The van der Waals surface area contributed by atoms with Crippen molar-refractivity contribution in [3.05, 3.63) is 53.8 Å². The molecule has 0 radical (unpaired) electrons. The van der Waals surface area contributed by atoms with Crippen LogP contribution in [0.25, 0.3) is 0 Å². The first kappa shape index (κ1) is 23.3. The van der Waals surface area contributed by atoms with Crippen LogP contribution in [0.5, 0.6) is 0 Å². The van der Waals surface area contributed by atoms with E-state index >= 15 is 0 Å². The van der Waals surface area contributed by atoms with E-state index in [2.05, 4.69) is 37.4 Å². The summed E-state index contributed by atoms with van der Waals surface area (Å²) in [5, 5.41) is 8.17. The maximum absolute atomic E-state index is 14.1. The Morgan fingerprint density at radius 1 is 1.06 bits per heavy atom. The van der Waals surface area contributed by atoms with Gasteiger partial charge in [0, 0.05) is 48.8 Å². The summed E-state index contributed by atoms with van der Waals surface area (Å²) in [6.45, 7) is 8.59. The Bertz CT molecular complexity index is 947. The van der Waals surface area contributed by atoms with E-state index in [4.69, 9.17) is 0 Å². The molecular formula is C23H30FN5O3. The fraction of sp³-hybridized carbons (Fsp3) is 0.391. The first-order chi connectivity index (χ1) is 15.4. The van der Waals surface area contributed by atoms with Crippen LogP contribution < -0.4 is 20.9 Å². The molecule has 3 N–H and O–H groups in total. The number of rotatable bonds is 6. The van der Waals surface area contributed by atoms with Gasteiger partial charge in [-0.15, -0.1) is 0 Å². The van der Waals surface area contributed by atoms with Crippen molar-refractivity contribution >= 4 is 29.2 Å². The maximum Gasteiger partial charge on any atom is 0.411 e. The molecule has 2 aromatic rings. The number of carbonyl (C=O) groups excluding carboxylic acids is 2. The molecule has 0 spiro atoms. The third kappa shape index (κ3) is 6.10. The van der Waals surface area contributed by atoms with Crippen molar-refractivity contribution in [3.63, 3.8) is 0 Å². The van der Waals surface area contributed by atoms with Crippen molar-refractivity contribution in [1.82, 2.24) is 10.2 Å². The highest BCUT2D eigenvalue weighted by Gasteiger charge is 2.22. The average Bonchev–Trinajstić information content (AvgIpc) is 2.79. The number of piperazine rings is 1. The van der Waals surface area contributed by atoms with Gasteiger partial charge in [-0.3, -0.25) is 5.32 Å². The van der Waals surface area contributed by atoms with Crippen LogP contribution in [0.15, 0.2) is 42.5 Å². The number of anilines is 3. The monoisotopic (exact) mass is 443 g/mol. The van der Waals surface area contributed by atoms with Gasteiger partial charge in [0.25, 0.3) is 0 Å². The second kappa shape index (κ2) is 10.8. The molecule has 1 aliphatic rings. The molecule has 0 aromatic heterocycles. The van der Waals surface area contributed by atoms with Gasteiger partial charge in [0.05, 0.1) is 13.2 Å². The SMILES string of the molecule is CCN1CCN(c2ccc(F)cc2C(C)NC(=O)Nc2cccc(NC(=O)OC)c2)CC1. The number of ether oxygens (including phenoxy) is 1. The lowest BCUT2D eigenvalue weighted by Crippen LogP contribution is -2.46. The summed E-state index contributed by atoms with van der Waals surface area (Å²) in [6.07, 6.45) is -0.598. The number of benzene rings is 2. The number of nitrogens with zero attached hydrogens (tertiary/aromatic N) is 2. The van der Waals surface area contributed by atoms with Gasteiger partial charge in [0.1, 0.15) is 5.82 Å². The van der Waals surface area contributed by atoms with Gasteiger partial charge >= 0.3 is 12.1 Å². The highest BCUT2D eigenvalue weighted by molar-refractivity contribution is 5.91. The number of hydrogen-bond acceptors (Lipinski definition) is 5. The van der Waals surface area contributed by atoms with Gasteiger partial charge in [-0.05, 0) is 49.9 Å². The van der Waals surface area contributed by atoms with Crippen molar-refractivity contribution in [2.24, 2.45) is 0 Å². The molecule has 1 saturated heterocycles. The van der Waals surface area contributed by atoms with E-state index in [1.165, 1.54) is 19.2 Å². The minimum absolute atomic E-state index is 0.341. The molecule has 1 unspecified atom stereocenters. The molecule has 3 amide bonds. The molecule has 0 aliphatic carbocycles. The van der Waals surface area contributed by atoms with Gasteiger partial charge in [0.15, 0.2) is 0 Å². The molecule has 8 nitrogen and oxygen atoms in total. The number of carbonyl (C=O) groups is 2. The molecule has 1 aliphatic heterocycles. The van der Waals surface area contributed by atoms with E-state index in [9.17, 15) is 14.0 Å². The molecule has 1 fully saturated rings. The fourth-order valence-corrected chi connectivity index (χ4v) is 3.75. The standard InChI is InChI=1S/C23H30FN5O3/c1-4-28-10-12-29(13-11-28)21-9-8-17(24)14-20(21)16(2)25-22(30)26-18-6-5-7-19(15-18)27-23(31)32-3/h5-9,14-16H,4,10-13H2,1-3H3,(H,27,31)(H2,25,26,30). The molecule has 172 valence electrons. The zero-order valence-corrected chi connectivity index (χ0v) is 18.7. The molecule has 0 bridgehead atoms. The third-order valence-corrected chi connectivity index (χ3v) is 5.52. The highest BCUT2D eigenvalue weighted by atomic mass is 19.1. The second-order valence-electron chi connectivity index (χ2n) is 7.64. The number of halogens is 1. The zero-order valence-electron chi connectivity index (χ0n) is 18.7. The van der Waals surface area contributed by atoms with Crippen molar-refractivity contribution in [2.45, 2.75) is 19.9 Å². The summed E-state index contributed by atoms with van der Waals surface area (Å²) in [6, 6.07) is 10.6. The maximum atomic E-state index is 14.1. The Balaban J connectivity index is 1.67. The minimum Gasteiger partial charge on any atom is -0.453 e. The smallest absolute Gasteiger partial charge is 0.411 e. The Morgan fingerprint density at radius 2 is 1.75 bits per heavy atom. The van der Waals surface area contributed by atoms with Crippen molar-refractivity contribution < 1.29 is 18.7 Å². The van der Waals surface area contributed by atoms with Crippen LogP contribution in [0.3, 0.4) is 0 Å². The Labute approximate surface area is 187 Å². The van der Waals surface area contributed by atoms with E-state index in [1.54, 1.807) is 30.3 Å². The predicted octanol–water partition coefficient (Wildman–Crippen LogP) is 4.03. The summed E-state index contributed by atoms with van der Waals surface area (Å²) < 4.78 is 18.6. The predicted molar refractivity (Wildman–Crippen MR) is 124 cm³/mol. The summed E-state index contributed by atoms with van der Waals surface area (Å²) in [5.74, 6) is -0.341. The zero-order chi connectivity index (χ0) is 23.1. The Hall–Kier alpha value is -3.33. The van der Waals surface area contributed by atoms with E-state index < -0.39 is 18.2 Å². The molecule has 9 heteroatoms. The van der Waals surface area contributed by atoms with Crippen molar-refractivity contribution in [3.8, 4) is 0 Å². The summed E-state index contributed by atoms with van der Waals surface area (Å²) in [7, 11) is 1.27. The van der Waals surface area contributed by atoms with E-state index in [0.29, 0.717) is 11.4 Å². The van der Waals surface area contributed by atoms with Crippen LogP contribution in [0.4, 0.5) is 31.0 Å². The van der Waals surface area contributed by atoms with Crippen LogP contribution in [-0.4, -0.2) is 56.9 Å². The summed E-state index contributed by atoms with van der Waals surface area (Å²) in [5.41, 5.74) is 2.64. The third-order valence-electron chi connectivity index (χ3n) is 5.52. The number of amides is 3. The second-order valence-corrected chi connectivity index (χ2v) is 7.64. The Morgan fingerprint density at radius 3 is 2.41 bits per heavy atom. The Kier molecular flexibility index (Phi) is 7.88. The molecule has 1 atom stereocenters. The molecule has 2 aromatic carbocycles. The first-order valence-corrected chi connectivity index (χ1v) is 10.7. The lowest BCUT2D eigenvalue weighted by molar-refractivity contribution is 0.187. The number of hydrogen-bond donors (Lipinski definition) is 3. The van der Waals surface area contributed by atoms with Crippen LogP contribution in [0.2, 0.25) is 0 Å². The number of methoxy groups -OCH3 is 1. The molecular weight excluding hydrogens is 413 g/mol. The molecule has 1 heterocycles. The first-order valence-electron chi connectivity index (χ1n) is 10.7. The van der Waals surface area contributed by atoms with Gasteiger partial charge in [0.2, 0.25) is 0 Å². The number of likely N-dealkylation sites (N-methyl/N-ethyl adjacent to an activating group) is 1. The fourth-order valence-electron chi connectivity index (χ4n) is 3.75. The van der Waals surface area contributed by atoms with Crippen LogP contribution in [0, 0.1) is 5.82 Å². The topological polar surface area (TPSA) is 85.9 Å². The van der Waals surface area contributed by atoms with Gasteiger partial charge in [-0.25, -0.2) is 14.0 Å².